The van der Waals surface area contributed by atoms with E-state index in [0.29, 0.717) is 11.4 Å². The van der Waals surface area contributed by atoms with Crippen LogP contribution >= 0.6 is 11.6 Å². The first-order valence-corrected chi connectivity index (χ1v) is 7.31. The Bertz CT molecular complexity index is 654. The number of rotatable bonds is 4. The van der Waals surface area contributed by atoms with Crippen molar-refractivity contribution < 1.29 is 9.90 Å². The molecule has 1 N–H and O–H groups in total. The van der Waals surface area contributed by atoms with E-state index < -0.39 is 11.9 Å². The summed E-state index contributed by atoms with van der Waals surface area (Å²) >= 11 is 5.99. The lowest BCUT2D eigenvalue weighted by Gasteiger charge is -2.17. The van der Waals surface area contributed by atoms with E-state index in [1.165, 1.54) is 5.56 Å². The third-order valence-electron chi connectivity index (χ3n) is 3.80. The molecule has 2 aromatic carbocycles. The predicted octanol–water partition coefficient (Wildman–Crippen LogP) is 4.68. The van der Waals surface area contributed by atoms with E-state index in [1.807, 2.05) is 19.9 Å². The number of hydrogen-bond acceptors (Lipinski definition) is 1. The fraction of sp³-hybridized carbons (Fsp3) is 0.278. The van der Waals surface area contributed by atoms with Crippen molar-refractivity contribution in [2.75, 3.05) is 0 Å². The molecule has 3 heteroatoms. The first kappa shape index (κ1) is 15.6. The van der Waals surface area contributed by atoms with Crippen molar-refractivity contribution in [3.63, 3.8) is 0 Å². The zero-order chi connectivity index (χ0) is 15.6. The van der Waals surface area contributed by atoms with Gasteiger partial charge in [0.15, 0.2) is 0 Å². The molecule has 0 saturated heterocycles. The van der Waals surface area contributed by atoms with Crippen LogP contribution in [-0.2, 0) is 11.2 Å². The first-order valence-electron chi connectivity index (χ1n) is 6.93. The quantitative estimate of drug-likeness (QED) is 0.890. The maximum atomic E-state index is 11.7. The Kier molecular flexibility index (Phi) is 4.69. The van der Waals surface area contributed by atoms with Gasteiger partial charge in [-0.15, -0.1) is 0 Å². The molecule has 0 aromatic heterocycles. The van der Waals surface area contributed by atoms with E-state index in [1.54, 1.807) is 18.2 Å². The Morgan fingerprint density at radius 1 is 1.14 bits per heavy atom. The minimum absolute atomic E-state index is 0.480. The summed E-state index contributed by atoms with van der Waals surface area (Å²) in [4.78, 5) is 11.7. The number of carboxylic acids is 1. The number of carbonyl (C=O) groups is 1. The standard InChI is InChI=1S/C18H19ClO2/c1-11-7-12(2)16(13(3)8-11)10-17(18(20)21)14-5-4-6-15(19)9-14/h4-9,17H,10H2,1-3H3,(H,20,21). The molecule has 0 bridgehead atoms. The molecule has 2 aromatic rings. The van der Waals surface area contributed by atoms with E-state index in [0.717, 1.165) is 22.3 Å². The molecule has 1 unspecified atom stereocenters. The summed E-state index contributed by atoms with van der Waals surface area (Å²) in [5, 5.41) is 10.1. The highest BCUT2D eigenvalue weighted by atomic mass is 35.5. The number of hydrogen-bond donors (Lipinski definition) is 1. The fourth-order valence-corrected chi connectivity index (χ4v) is 3.01. The Morgan fingerprint density at radius 3 is 2.29 bits per heavy atom. The third-order valence-corrected chi connectivity index (χ3v) is 4.03. The summed E-state index contributed by atoms with van der Waals surface area (Å²) in [7, 11) is 0. The number of aliphatic carboxylic acids is 1. The number of carboxylic acid groups (broad SMARTS) is 1. The van der Waals surface area contributed by atoms with Crippen LogP contribution in [0, 0.1) is 20.8 Å². The van der Waals surface area contributed by atoms with Crippen LogP contribution < -0.4 is 0 Å². The minimum Gasteiger partial charge on any atom is -0.481 e. The third kappa shape index (κ3) is 3.64. The van der Waals surface area contributed by atoms with Crippen LogP contribution in [0.2, 0.25) is 5.02 Å². The Hall–Kier alpha value is -1.80. The van der Waals surface area contributed by atoms with Gasteiger partial charge in [0.1, 0.15) is 0 Å². The van der Waals surface area contributed by atoms with Crippen molar-refractivity contribution in [1.29, 1.82) is 0 Å². The molecule has 0 aliphatic rings. The summed E-state index contributed by atoms with van der Waals surface area (Å²) in [6.45, 7) is 6.12. The van der Waals surface area contributed by atoms with Crippen LogP contribution in [0.25, 0.3) is 0 Å². The van der Waals surface area contributed by atoms with Gasteiger partial charge in [0.05, 0.1) is 5.92 Å². The van der Waals surface area contributed by atoms with Gasteiger partial charge >= 0.3 is 5.97 Å². The molecule has 0 amide bonds. The highest BCUT2D eigenvalue weighted by molar-refractivity contribution is 6.30. The Balaban J connectivity index is 2.40. The summed E-state index contributed by atoms with van der Waals surface area (Å²) in [5.41, 5.74) is 5.33. The number of aryl methyl sites for hydroxylation is 3. The minimum atomic E-state index is -0.823. The van der Waals surface area contributed by atoms with Gasteiger partial charge in [-0.25, -0.2) is 0 Å². The predicted molar refractivity (Wildman–Crippen MR) is 86.2 cm³/mol. The SMILES string of the molecule is Cc1cc(C)c(CC(C(=O)O)c2cccc(Cl)c2)c(C)c1. The van der Waals surface area contributed by atoms with Gasteiger partial charge in [0.2, 0.25) is 0 Å². The molecule has 2 rings (SSSR count). The lowest BCUT2D eigenvalue weighted by atomic mass is 9.87. The molecule has 2 nitrogen and oxygen atoms in total. The van der Waals surface area contributed by atoms with Gasteiger partial charge in [-0.1, -0.05) is 41.4 Å². The zero-order valence-corrected chi connectivity index (χ0v) is 13.2. The van der Waals surface area contributed by atoms with E-state index in [4.69, 9.17) is 11.6 Å². The maximum absolute atomic E-state index is 11.7. The van der Waals surface area contributed by atoms with Crippen molar-refractivity contribution >= 4 is 17.6 Å². The van der Waals surface area contributed by atoms with Crippen LogP contribution in [0.4, 0.5) is 0 Å². The molecule has 0 saturated carbocycles. The van der Waals surface area contributed by atoms with Gasteiger partial charge in [-0.2, -0.15) is 0 Å². The zero-order valence-electron chi connectivity index (χ0n) is 12.5. The summed E-state index contributed by atoms with van der Waals surface area (Å²) < 4.78 is 0. The molecular formula is C18H19ClO2. The average Bonchev–Trinajstić information content (AvgIpc) is 2.37. The second kappa shape index (κ2) is 6.31. The van der Waals surface area contributed by atoms with E-state index in [9.17, 15) is 9.90 Å². The highest BCUT2D eigenvalue weighted by Gasteiger charge is 2.22. The summed E-state index contributed by atoms with van der Waals surface area (Å²) in [6.07, 6.45) is 0.480. The highest BCUT2D eigenvalue weighted by Crippen LogP contribution is 2.27. The summed E-state index contributed by atoms with van der Waals surface area (Å²) in [6, 6.07) is 11.3. The molecule has 0 radical (unpaired) electrons. The van der Waals surface area contributed by atoms with Crippen molar-refractivity contribution in [3.8, 4) is 0 Å². The second-order valence-corrected chi connectivity index (χ2v) is 5.96. The lowest BCUT2D eigenvalue weighted by Crippen LogP contribution is -2.15. The molecular weight excluding hydrogens is 284 g/mol. The molecule has 1 atom stereocenters. The molecule has 0 spiro atoms. The van der Waals surface area contributed by atoms with Crippen LogP contribution in [0.3, 0.4) is 0 Å². The van der Waals surface area contributed by atoms with Crippen molar-refractivity contribution in [2.24, 2.45) is 0 Å². The van der Waals surface area contributed by atoms with E-state index >= 15 is 0 Å². The largest absolute Gasteiger partial charge is 0.481 e. The van der Waals surface area contributed by atoms with Crippen LogP contribution in [0.1, 0.15) is 33.7 Å². The molecule has 0 heterocycles. The van der Waals surface area contributed by atoms with E-state index in [-0.39, 0.29) is 0 Å². The van der Waals surface area contributed by atoms with Gasteiger partial charge in [0, 0.05) is 5.02 Å². The first-order chi connectivity index (χ1) is 9.88. The number of benzene rings is 2. The monoisotopic (exact) mass is 302 g/mol. The lowest BCUT2D eigenvalue weighted by molar-refractivity contribution is -0.138. The van der Waals surface area contributed by atoms with E-state index in [2.05, 4.69) is 19.1 Å². The van der Waals surface area contributed by atoms with Gasteiger partial charge in [-0.05, 0) is 61.6 Å². The molecule has 0 fully saturated rings. The van der Waals surface area contributed by atoms with Gasteiger partial charge < -0.3 is 5.11 Å². The van der Waals surface area contributed by atoms with Crippen LogP contribution in [-0.4, -0.2) is 11.1 Å². The topological polar surface area (TPSA) is 37.3 Å². The smallest absolute Gasteiger partial charge is 0.311 e. The summed E-state index contributed by atoms with van der Waals surface area (Å²) in [5.74, 6) is -1.40. The second-order valence-electron chi connectivity index (χ2n) is 5.53. The fourth-order valence-electron chi connectivity index (χ4n) is 2.81. The van der Waals surface area contributed by atoms with Gasteiger partial charge in [-0.3, -0.25) is 4.79 Å². The number of halogens is 1. The van der Waals surface area contributed by atoms with Crippen molar-refractivity contribution in [2.45, 2.75) is 33.1 Å². The Morgan fingerprint density at radius 2 is 1.76 bits per heavy atom. The molecule has 0 aliphatic carbocycles. The molecule has 0 aliphatic heterocycles. The normalized spacial score (nSPS) is 12.2. The Labute approximate surface area is 130 Å². The van der Waals surface area contributed by atoms with Crippen molar-refractivity contribution in [1.82, 2.24) is 0 Å². The molecule has 110 valence electrons. The maximum Gasteiger partial charge on any atom is 0.311 e. The van der Waals surface area contributed by atoms with Crippen LogP contribution in [0.15, 0.2) is 36.4 Å². The van der Waals surface area contributed by atoms with Gasteiger partial charge in [0.25, 0.3) is 0 Å². The van der Waals surface area contributed by atoms with Crippen LogP contribution in [0.5, 0.6) is 0 Å². The van der Waals surface area contributed by atoms with Crippen molar-refractivity contribution in [3.05, 3.63) is 69.2 Å². The molecule has 21 heavy (non-hydrogen) atoms. The average molecular weight is 303 g/mol.